The summed E-state index contributed by atoms with van der Waals surface area (Å²) in [4.78, 5) is 8.69. The third kappa shape index (κ3) is 4.08. The zero-order chi connectivity index (χ0) is 15.2. The standard InChI is InChI=1S/C15H18BrClN4/c1-3-5-11-14(18-4-2)19-9-20-15(11)21-13-8-10(16)6-7-12(13)17/h6-9H,3-5H2,1-2H3,(H2,18,19,20,21). The Hall–Kier alpha value is -1.33. The van der Waals surface area contributed by atoms with Gasteiger partial charge in [0.1, 0.15) is 18.0 Å². The maximum atomic E-state index is 6.23. The van der Waals surface area contributed by atoms with E-state index in [2.05, 4.69) is 50.4 Å². The van der Waals surface area contributed by atoms with Gasteiger partial charge in [-0.25, -0.2) is 9.97 Å². The molecule has 21 heavy (non-hydrogen) atoms. The molecule has 112 valence electrons. The Labute approximate surface area is 138 Å². The number of hydrogen-bond acceptors (Lipinski definition) is 4. The minimum Gasteiger partial charge on any atom is -0.370 e. The normalized spacial score (nSPS) is 10.5. The summed E-state index contributed by atoms with van der Waals surface area (Å²) in [6.45, 7) is 5.01. The molecule has 0 bridgehead atoms. The van der Waals surface area contributed by atoms with Crippen molar-refractivity contribution in [2.45, 2.75) is 26.7 Å². The van der Waals surface area contributed by atoms with Gasteiger partial charge in [0.2, 0.25) is 0 Å². The summed E-state index contributed by atoms with van der Waals surface area (Å²) >= 11 is 9.69. The first-order chi connectivity index (χ1) is 10.2. The van der Waals surface area contributed by atoms with Crippen molar-refractivity contribution >= 4 is 44.9 Å². The second-order valence-corrected chi connectivity index (χ2v) is 5.90. The van der Waals surface area contributed by atoms with Gasteiger partial charge in [-0.15, -0.1) is 0 Å². The van der Waals surface area contributed by atoms with Gasteiger partial charge >= 0.3 is 0 Å². The van der Waals surface area contributed by atoms with Crippen LogP contribution in [0.3, 0.4) is 0 Å². The van der Waals surface area contributed by atoms with Crippen LogP contribution >= 0.6 is 27.5 Å². The van der Waals surface area contributed by atoms with Crippen molar-refractivity contribution in [3.63, 3.8) is 0 Å². The molecular weight excluding hydrogens is 352 g/mol. The first-order valence-electron chi connectivity index (χ1n) is 6.95. The topological polar surface area (TPSA) is 49.8 Å². The Morgan fingerprint density at radius 2 is 1.95 bits per heavy atom. The molecule has 0 fully saturated rings. The van der Waals surface area contributed by atoms with E-state index in [-0.39, 0.29) is 0 Å². The van der Waals surface area contributed by atoms with Crippen LogP contribution in [0.1, 0.15) is 25.8 Å². The van der Waals surface area contributed by atoms with Crippen LogP contribution < -0.4 is 10.6 Å². The monoisotopic (exact) mass is 368 g/mol. The number of aromatic nitrogens is 2. The number of anilines is 3. The van der Waals surface area contributed by atoms with E-state index in [4.69, 9.17) is 11.6 Å². The second kappa shape index (κ2) is 7.61. The van der Waals surface area contributed by atoms with Crippen LogP contribution in [0.25, 0.3) is 0 Å². The summed E-state index contributed by atoms with van der Waals surface area (Å²) < 4.78 is 0.965. The van der Waals surface area contributed by atoms with E-state index in [0.29, 0.717) is 5.02 Å². The lowest BCUT2D eigenvalue weighted by atomic mass is 10.1. The molecule has 1 heterocycles. The maximum absolute atomic E-state index is 6.23. The highest BCUT2D eigenvalue weighted by Crippen LogP contribution is 2.31. The predicted octanol–water partition coefficient (Wildman–Crippen LogP) is 5.02. The van der Waals surface area contributed by atoms with Gasteiger partial charge < -0.3 is 10.6 Å². The van der Waals surface area contributed by atoms with Gasteiger partial charge in [-0.3, -0.25) is 0 Å². The summed E-state index contributed by atoms with van der Waals surface area (Å²) in [5.74, 6) is 1.67. The lowest BCUT2D eigenvalue weighted by Gasteiger charge is -2.15. The van der Waals surface area contributed by atoms with Crippen molar-refractivity contribution in [1.29, 1.82) is 0 Å². The first-order valence-corrected chi connectivity index (χ1v) is 8.12. The first kappa shape index (κ1) is 16.0. The molecule has 0 spiro atoms. The third-order valence-electron chi connectivity index (χ3n) is 2.97. The van der Waals surface area contributed by atoms with E-state index >= 15 is 0 Å². The van der Waals surface area contributed by atoms with Gasteiger partial charge in [0.15, 0.2) is 0 Å². The Balaban J connectivity index is 2.38. The van der Waals surface area contributed by atoms with Gasteiger partial charge in [-0.05, 0) is 31.5 Å². The maximum Gasteiger partial charge on any atom is 0.139 e. The van der Waals surface area contributed by atoms with E-state index in [1.54, 1.807) is 6.33 Å². The highest BCUT2D eigenvalue weighted by molar-refractivity contribution is 9.10. The van der Waals surface area contributed by atoms with Gasteiger partial charge in [-0.2, -0.15) is 0 Å². The van der Waals surface area contributed by atoms with E-state index in [9.17, 15) is 0 Å². The Bertz CT molecular complexity index is 619. The van der Waals surface area contributed by atoms with Crippen LogP contribution in [0.2, 0.25) is 5.02 Å². The number of rotatable bonds is 6. The van der Waals surface area contributed by atoms with Crippen LogP contribution in [0.15, 0.2) is 29.0 Å². The van der Waals surface area contributed by atoms with Crippen molar-refractivity contribution in [2.75, 3.05) is 17.2 Å². The minimum atomic E-state index is 0.657. The van der Waals surface area contributed by atoms with Crippen molar-refractivity contribution in [2.24, 2.45) is 0 Å². The summed E-state index contributed by atoms with van der Waals surface area (Å²) in [6, 6.07) is 5.69. The van der Waals surface area contributed by atoms with Crippen LogP contribution in [0.5, 0.6) is 0 Å². The molecule has 0 unspecified atom stereocenters. The highest BCUT2D eigenvalue weighted by atomic mass is 79.9. The summed E-state index contributed by atoms with van der Waals surface area (Å²) in [7, 11) is 0. The molecule has 4 nitrogen and oxygen atoms in total. The predicted molar refractivity (Wildman–Crippen MR) is 92.6 cm³/mol. The van der Waals surface area contributed by atoms with E-state index < -0.39 is 0 Å². The van der Waals surface area contributed by atoms with Crippen molar-refractivity contribution < 1.29 is 0 Å². The molecular formula is C15H18BrClN4. The summed E-state index contributed by atoms with van der Waals surface area (Å²) in [6.07, 6.45) is 3.48. The van der Waals surface area contributed by atoms with E-state index in [1.165, 1.54) is 0 Å². The fourth-order valence-corrected chi connectivity index (χ4v) is 2.57. The zero-order valence-electron chi connectivity index (χ0n) is 12.1. The Kier molecular flexibility index (Phi) is 5.82. The van der Waals surface area contributed by atoms with Crippen LogP contribution in [-0.2, 0) is 6.42 Å². The van der Waals surface area contributed by atoms with Gasteiger partial charge in [-0.1, -0.05) is 40.9 Å². The highest BCUT2D eigenvalue weighted by Gasteiger charge is 2.12. The molecule has 0 aliphatic heterocycles. The zero-order valence-corrected chi connectivity index (χ0v) is 14.4. The molecule has 1 aromatic carbocycles. The molecule has 0 saturated heterocycles. The molecule has 1 aromatic heterocycles. The fourth-order valence-electron chi connectivity index (χ4n) is 2.05. The Morgan fingerprint density at radius 1 is 1.19 bits per heavy atom. The average molecular weight is 370 g/mol. The molecule has 2 N–H and O–H groups in total. The molecule has 0 aliphatic carbocycles. The lowest BCUT2D eigenvalue weighted by Crippen LogP contribution is -2.08. The number of halogens is 2. The second-order valence-electron chi connectivity index (χ2n) is 4.58. The molecule has 0 saturated carbocycles. The quantitative estimate of drug-likeness (QED) is 0.750. The summed E-state index contributed by atoms with van der Waals surface area (Å²) in [5, 5.41) is 7.25. The van der Waals surface area contributed by atoms with Gasteiger partial charge in [0.05, 0.1) is 10.7 Å². The molecule has 6 heteroatoms. The largest absolute Gasteiger partial charge is 0.370 e. The SMILES string of the molecule is CCCc1c(NCC)ncnc1Nc1cc(Br)ccc1Cl. The lowest BCUT2D eigenvalue weighted by molar-refractivity contribution is 0.902. The molecule has 0 amide bonds. The van der Waals surface area contributed by atoms with Crippen molar-refractivity contribution in [3.8, 4) is 0 Å². The van der Waals surface area contributed by atoms with Crippen LogP contribution in [0, 0.1) is 0 Å². The third-order valence-corrected chi connectivity index (χ3v) is 3.79. The number of nitrogens with one attached hydrogen (secondary N) is 2. The number of benzene rings is 1. The fraction of sp³-hybridized carbons (Fsp3) is 0.333. The molecule has 2 aromatic rings. The molecule has 2 rings (SSSR count). The molecule has 0 radical (unpaired) electrons. The van der Waals surface area contributed by atoms with Gasteiger partial charge in [0, 0.05) is 16.6 Å². The average Bonchev–Trinajstić information content (AvgIpc) is 2.46. The number of hydrogen-bond donors (Lipinski definition) is 2. The van der Waals surface area contributed by atoms with Crippen LogP contribution in [0.4, 0.5) is 17.3 Å². The van der Waals surface area contributed by atoms with Crippen molar-refractivity contribution in [3.05, 3.63) is 39.6 Å². The smallest absolute Gasteiger partial charge is 0.139 e. The van der Waals surface area contributed by atoms with Gasteiger partial charge in [0.25, 0.3) is 0 Å². The summed E-state index contributed by atoms with van der Waals surface area (Å²) in [5.41, 5.74) is 1.91. The minimum absolute atomic E-state index is 0.657. The molecule has 0 atom stereocenters. The van der Waals surface area contributed by atoms with Crippen molar-refractivity contribution in [1.82, 2.24) is 9.97 Å². The van der Waals surface area contributed by atoms with E-state index in [1.807, 2.05) is 18.2 Å². The van der Waals surface area contributed by atoms with E-state index in [0.717, 1.165) is 46.7 Å². The Morgan fingerprint density at radius 3 is 2.67 bits per heavy atom. The number of nitrogens with zero attached hydrogens (tertiary/aromatic N) is 2. The van der Waals surface area contributed by atoms with Crippen LogP contribution in [-0.4, -0.2) is 16.5 Å². The molecule has 0 aliphatic rings.